The number of aliphatic hydroxyl groups is 1. The Morgan fingerprint density at radius 3 is 2.67 bits per heavy atom. The Hall–Kier alpha value is -0.920. The molecule has 0 bridgehead atoms. The molecular formula is C11H19N3O3S. The largest absolute Gasteiger partial charge is 0.391 e. The number of aryl methyl sites for hydroxylation is 1. The van der Waals surface area contributed by atoms with Crippen molar-refractivity contribution in [3.63, 3.8) is 0 Å². The average Bonchev–Trinajstić information content (AvgIpc) is 2.76. The van der Waals surface area contributed by atoms with Gasteiger partial charge in [-0.15, -0.1) is 0 Å². The molecule has 1 aliphatic carbocycles. The molecule has 0 aromatic carbocycles. The van der Waals surface area contributed by atoms with E-state index in [1.54, 1.807) is 7.05 Å². The molecule has 2 unspecified atom stereocenters. The zero-order valence-electron chi connectivity index (χ0n) is 10.7. The monoisotopic (exact) mass is 273 g/mol. The Morgan fingerprint density at radius 2 is 2.11 bits per heavy atom. The van der Waals surface area contributed by atoms with Gasteiger partial charge in [0.25, 0.3) is 10.0 Å². The van der Waals surface area contributed by atoms with Crippen LogP contribution in [0.2, 0.25) is 0 Å². The summed E-state index contributed by atoms with van der Waals surface area (Å²) < 4.78 is 27.4. The molecule has 0 radical (unpaired) electrons. The van der Waals surface area contributed by atoms with Crippen LogP contribution in [-0.4, -0.2) is 46.8 Å². The topological polar surface area (TPSA) is 75.4 Å². The van der Waals surface area contributed by atoms with Gasteiger partial charge in [0.1, 0.15) is 0 Å². The highest BCUT2D eigenvalue weighted by atomic mass is 32.2. The fraction of sp³-hybridized carbons (Fsp3) is 0.727. The molecule has 1 fully saturated rings. The van der Waals surface area contributed by atoms with Crippen LogP contribution in [0.15, 0.2) is 17.3 Å². The SMILES string of the molecule is CN(C1CCCCC1O)S(=O)(=O)c1ccnn1C. The van der Waals surface area contributed by atoms with E-state index < -0.39 is 16.1 Å². The van der Waals surface area contributed by atoms with Gasteiger partial charge in [0, 0.05) is 14.1 Å². The number of aromatic nitrogens is 2. The number of nitrogens with zero attached hydrogens (tertiary/aromatic N) is 3. The first-order chi connectivity index (χ1) is 8.44. The van der Waals surface area contributed by atoms with Gasteiger partial charge in [-0.2, -0.15) is 9.40 Å². The molecule has 7 heteroatoms. The molecule has 0 saturated heterocycles. The molecule has 1 saturated carbocycles. The van der Waals surface area contributed by atoms with Crippen molar-refractivity contribution in [2.75, 3.05) is 7.05 Å². The number of likely N-dealkylation sites (N-methyl/N-ethyl adjacent to an activating group) is 1. The van der Waals surface area contributed by atoms with Gasteiger partial charge in [0.2, 0.25) is 0 Å². The molecule has 0 aliphatic heterocycles. The maximum atomic E-state index is 12.4. The highest BCUT2D eigenvalue weighted by molar-refractivity contribution is 7.89. The lowest BCUT2D eigenvalue weighted by Crippen LogP contribution is -2.46. The standard InChI is InChI=1S/C11H19N3O3S/c1-13-11(7-8-12-13)18(16,17)14(2)9-5-3-4-6-10(9)15/h7-10,15H,3-6H2,1-2H3. The van der Waals surface area contributed by atoms with Crippen LogP contribution in [0.3, 0.4) is 0 Å². The molecule has 1 N–H and O–H groups in total. The summed E-state index contributed by atoms with van der Waals surface area (Å²) in [6.07, 6.45) is 4.15. The van der Waals surface area contributed by atoms with Gasteiger partial charge in [-0.3, -0.25) is 4.68 Å². The van der Waals surface area contributed by atoms with E-state index in [0.29, 0.717) is 12.8 Å². The lowest BCUT2D eigenvalue weighted by atomic mass is 9.93. The summed E-state index contributed by atoms with van der Waals surface area (Å²) in [4.78, 5) is 0. The second-order valence-corrected chi connectivity index (χ2v) is 6.68. The Kier molecular flexibility index (Phi) is 3.74. The van der Waals surface area contributed by atoms with Gasteiger partial charge in [-0.05, 0) is 18.9 Å². The predicted molar refractivity (Wildman–Crippen MR) is 66.4 cm³/mol. The van der Waals surface area contributed by atoms with Gasteiger partial charge in [0.15, 0.2) is 5.03 Å². The van der Waals surface area contributed by atoms with Crippen LogP contribution in [-0.2, 0) is 17.1 Å². The van der Waals surface area contributed by atoms with Crippen molar-refractivity contribution >= 4 is 10.0 Å². The van der Waals surface area contributed by atoms with E-state index in [-0.39, 0.29) is 11.1 Å². The Labute approximate surface area is 107 Å². The molecule has 1 aromatic rings. The summed E-state index contributed by atoms with van der Waals surface area (Å²) >= 11 is 0. The fourth-order valence-electron chi connectivity index (χ4n) is 2.46. The molecule has 102 valence electrons. The fourth-order valence-corrected chi connectivity index (χ4v) is 3.97. The first-order valence-electron chi connectivity index (χ1n) is 6.08. The molecule has 18 heavy (non-hydrogen) atoms. The lowest BCUT2D eigenvalue weighted by Gasteiger charge is -2.34. The first-order valence-corrected chi connectivity index (χ1v) is 7.52. The molecule has 2 atom stereocenters. The van der Waals surface area contributed by atoms with Gasteiger partial charge in [0.05, 0.1) is 18.3 Å². The molecule has 2 rings (SSSR count). The number of sulfonamides is 1. The smallest absolute Gasteiger partial charge is 0.260 e. The van der Waals surface area contributed by atoms with E-state index in [2.05, 4.69) is 5.10 Å². The zero-order chi connectivity index (χ0) is 13.3. The van der Waals surface area contributed by atoms with E-state index in [9.17, 15) is 13.5 Å². The molecule has 1 aliphatic rings. The predicted octanol–water partition coefficient (Wildman–Crippen LogP) is 0.344. The van der Waals surface area contributed by atoms with Crippen LogP contribution < -0.4 is 0 Å². The van der Waals surface area contributed by atoms with Crippen molar-refractivity contribution in [3.05, 3.63) is 12.3 Å². The third-order valence-electron chi connectivity index (χ3n) is 3.58. The van der Waals surface area contributed by atoms with E-state index >= 15 is 0 Å². The number of hydrogen-bond donors (Lipinski definition) is 1. The van der Waals surface area contributed by atoms with E-state index in [1.165, 1.54) is 28.3 Å². The van der Waals surface area contributed by atoms with Crippen LogP contribution >= 0.6 is 0 Å². The van der Waals surface area contributed by atoms with Gasteiger partial charge in [-0.25, -0.2) is 8.42 Å². The van der Waals surface area contributed by atoms with Gasteiger partial charge < -0.3 is 5.11 Å². The van der Waals surface area contributed by atoms with Crippen molar-refractivity contribution in [2.45, 2.75) is 42.9 Å². The lowest BCUT2D eigenvalue weighted by molar-refractivity contribution is 0.0636. The van der Waals surface area contributed by atoms with E-state index in [0.717, 1.165) is 12.8 Å². The summed E-state index contributed by atoms with van der Waals surface area (Å²) in [6, 6.07) is 1.14. The average molecular weight is 273 g/mol. The minimum absolute atomic E-state index is 0.155. The van der Waals surface area contributed by atoms with Crippen molar-refractivity contribution in [3.8, 4) is 0 Å². The van der Waals surface area contributed by atoms with Crippen LogP contribution in [0.1, 0.15) is 25.7 Å². The number of hydrogen-bond acceptors (Lipinski definition) is 4. The normalized spacial score (nSPS) is 25.6. The third-order valence-corrected chi connectivity index (χ3v) is 5.54. The van der Waals surface area contributed by atoms with E-state index in [1.807, 2.05) is 0 Å². The second-order valence-electron chi connectivity index (χ2n) is 4.73. The Balaban J connectivity index is 2.27. The van der Waals surface area contributed by atoms with Crippen molar-refractivity contribution in [1.29, 1.82) is 0 Å². The van der Waals surface area contributed by atoms with Crippen LogP contribution in [0.4, 0.5) is 0 Å². The first kappa shape index (κ1) is 13.5. The molecule has 0 amide bonds. The summed E-state index contributed by atoms with van der Waals surface area (Å²) in [6.45, 7) is 0. The highest BCUT2D eigenvalue weighted by Gasteiger charge is 2.35. The third kappa shape index (κ3) is 2.30. The summed E-state index contributed by atoms with van der Waals surface area (Å²) in [5, 5.41) is 14.0. The summed E-state index contributed by atoms with van der Waals surface area (Å²) in [7, 11) is -0.461. The second kappa shape index (κ2) is 4.99. The van der Waals surface area contributed by atoms with Crippen molar-refractivity contribution < 1.29 is 13.5 Å². The Morgan fingerprint density at radius 1 is 1.44 bits per heavy atom. The number of aliphatic hydroxyl groups excluding tert-OH is 1. The van der Waals surface area contributed by atoms with Gasteiger partial charge >= 0.3 is 0 Å². The summed E-state index contributed by atoms with van der Waals surface area (Å²) in [5.74, 6) is 0. The molecule has 6 nitrogen and oxygen atoms in total. The van der Waals surface area contributed by atoms with Crippen LogP contribution in [0, 0.1) is 0 Å². The molecule has 1 aromatic heterocycles. The van der Waals surface area contributed by atoms with Crippen molar-refractivity contribution in [2.24, 2.45) is 7.05 Å². The Bertz CT molecular complexity index is 511. The highest BCUT2D eigenvalue weighted by Crippen LogP contribution is 2.26. The van der Waals surface area contributed by atoms with Gasteiger partial charge in [-0.1, -0.05) is 12.8 Å². The minimum Gasteiger partial charge on any atom is -0.391 e. The zero-order valence-corrected chi connectivity index (χ0v) is 11.5. The molecule has 1 heterocycles. The summed E-state index contributed by atoms with van der Waals surface area (Å²) in [5.41, 5.74) is 0. The minimum atomic E-state index is -3.59. The van der Waals surface area contributed by atoms with E-state index in [4.69, 9.17) is 0 Å². The maximum absolute atomic E-state index is 12.4. The number of rotatable bonds is 3. The molecular weight excluding hydrogens is 254 g/mol. The van der Waals surface area contributed by atoms with Crippen molar-refractivity contribution in [1.82, 2.24) is 14.1 Å². The molecule has 0 spiro atoms. The quantitative estimate of drug-likeness (QED) is 0.862. The van der Waals surface area contributed by atoms with Crippen LogP contribution in [0.25, 0.3) is 0 Å². The van der Waals surface area contributed by atoms with Crippen LogP contribution in [0.5, 0.6) is 0 Å². The maximum Gasteiger partial charge on any atom is 0.260 e.